The van der Waals surface area contributed by atoms with Gasteiger partial charge in [-0.2, -0.15) is 5.10 Å². The van der Waals surface area contributed by atoms with Gasteiger partial charge in [-0.1, -0.05) is 47.5 Å². The number of rotatable bonds is 4. The Morgan fingerprint density at radius 1 is 1.07 bits per heavy atom. The average Bonchev–Trinajstić information content (AvgIpc) is 3.13. The molecular formula is C22H19ClN4O2. The van der Waals surface area contributed by atoms with E-state index >= 15 is 0 Å². The summed E-state index contributed by atoms with van der Waals surface area (Å²) in [6.07, 6.45) is 3.23. The fourth-order valence-electron chi connectivity index (χ4n) is 3.09. The molecular weight excluding hydrogens is 388 g/mol. The van der Waals surface area contributed by atoms with Gasteiger partial charge in [0.1, 0.15) is 12.1 Å². The number of amides is 1. The first-order chi connectivity index (χ1) is 13.9. The van der Waals surface area contributed by atoms with Crippen LogP contribution in [0, 0.1) is 13.8 Å². The fourth-order valence-corrected chi connectivity index (χ4v) is 3.26. The summed E-state index contributed by atoms with van der Waals surface area (Å²) in [4.78, 5) is 25.3. The maximum atomic E-state index is 12.8. The van der Waals surface area contributed by atoms with E-state index in [1.807, 2.05) is 44.2 Å². The summed E-state index contributed by atoms with van der Waals surface area (Å²) in [5.74, 6) is -0.305. The predicted octanol–water partition coefficient (Wildman–Crippen LogP) is 4.07. The molecule has 7 heteroatoms. The van der Waals surface area contributed by atoms with Crippen LogP contribution in [0.3, 0.4) is 0 Å². The lowest BCUT2D eigenvalue weighted by Gasteiger charge is -2.10. The van der Waals surface area contributed by atoms with Gasteiger partial charge in [-0.25, -0.2) is 4.52 Å². The molecule has 4 aromatic rings. The molecule has 0 aliphatic rings. The highest BCUT2D eigenvalue weighted by Gasteiger charge is 2.12. The number of fused-ring (bicyclic) bond motifs is 1. The monoisotopic (exact) mass is 406 g/mol. The van der Waals surface area contributed by atoms with E-state index in [0.29, 0.717) is 21.9 Å². The van der Waals surface area contributed by atoms with Gasteiger partial charge in [-0.3, -0.25) is 9.59 Å². The second-order valence-electron chi connectivity index (χ2n) is 6.96. The van der Waals surface area contributed by atoms with E-state index in [9.17, 15) is 9.59 Å². The lowest BCUT2D eigenvalue weighted by Crippen LogP contribution is -2.28. The van der Waals surface area contributed by atoms with Crippen molar-refractivity contribution >= 4 is 28.7 Å². The number of carbonyl (C=O) groups excluding carboxylic acids is 1. The minimum atomic E-state index is -0.305. The molecule has 0 spiro atoms. The average molecular weight is 407 g/mol. The highest BCUT2D eigenvalue weighted by molar-refractivity contribution is 6.31. The molecule has 6 nitrogen and oxygen atoms in total. The predicted molar refractivity (Wildman–Crippen MR) is 114 cm³/mol. The third kappa shape index (κ3) is 3.93. The first-order valence-corrected chi connectivity index (χ1v) is 9.50. The van der Waals surface area contributed by atoms with Crippen LogP contribution in [0.15, 0.2) is 65.7 Å². The van der Waals surface area contributed by atoms with Crippen molar-refractivity contribution in [3.8, 4) is 11.3 Å². The number of halogens is 1. The van der Waals surface area contributed by atoms with Gasteiger partial charge < -0.3 is 9.88 Å². The van der Waals surface area contributed by atoms with E-state index in [1.165, 1.54) is 9.08 Å². The van der Waals surface area contributed by atoms with Crippen LogP contribution in [0.1, 0.15) is 11.1 Å². The molecule has 29 heavy (non-hydrogen) atoms. The van der Waals surface area contributed by atoms with E-state index < -0.39 is 0 Å². The molecule has 0 radical (unpaired) electrons. The van der Waals surface area contributed by atoms with Gasteiger partial charge in [-0.05, 0) is 37.6 Å². The topological polar surface area (TPSA) is 68.4 Å². The smallest absolute Gasteiger partial charge is 0.277 e. The molecule has 1 N–H and O–H groups in total. The normalized spacial score (nSPS) is 11.0. The molecule has 4 rings (SSSR count). The van der Waals surface area contributed by atoms with Gasteiger partial charge in [0.05, 0.1) is 5.69 Å². The van der Waals surface area contributed by atoms with Crippen LogP contribution in [-0.2, 0) is 11.3 Å². The third-order valence-corrected chi connectivity index (χ3v) is 4.97. The first-order valence-electron chi connectivity index (χ1n) is 9.12. The summed E-state index contributed by atoms with van der Waals surface area (Å²) in [5, 5.41) is 7.81. The molecule has 1 amide bonds. The van der Waals surface area contributed by atoms with E-state index in [2.05, 4.69) is 10.4 Å². The Labute approximate surface area is 172 Å². The van der Waals surface area contributed by atoms with Gasteiger partial charge in [0.2, 0.25) is 5.91 Å². The van der Waals surface area contributed by atoms with Crippen molar-refractivity contribution in [1.82, 2.24) is 14.2 Å². The van der Waals surface area contributed by atoms with Gasteiger partial charge in [0, 0.05) is 28.7 Å². The van der Waals surface area contributed by atoms with E-state index in [-0.39, 0.29) is 18.0 Å². The number of nitrogens with zero attached hydrogens (tertiary/aromatic N) is 3. The van der Waals surface area contributed by atoms with Crippen molar-refractivity contribution in [3.05, 3.63) is 87.4 Å². The summed E-state index contributed by atoms with van der Waals surface area (Å²) in [6, 6.07) is 15.0. The van der Waals surface area contributed by atoms with Crippen LogP contribution >= 0.6 is 11.6 Å². The molecule has 0 aliphatic heterocycles. The summed E-state index contributed by atoms with van der Waals surface area (Å²) >= 11 is 6.00. The zero-order valence-electron chi connectivity index (χ0n) is 16.0. The van der Waals surface area contributed by atoms with Gasteiger partial charge in [-0.15, -0.1) is 0 Å². The summed E-state index contributed by atoms with van der Waals surface area (Å²) < 4.78 is 2.90. The number of hydrogen-bond acceptors (Lipinski definition) is 3. The third-order valence-electron chi connectivity index (χ3n) is 4.74. The zero-order valence-corrected chi connectivity index (χ0v) is 16.8. The lowest BCUT2D eigenvalue weighted by molar-refractivity contribution is -0.116. The molecule has 0 atom stereocenters. The molecule has 0 saturated heterocycles. The lowest BCUT2D eigenvalue weighted by atomic mass is 10.1. The number of aromatic nitrogens is 3. The summed E-state index contributed by atoms with van der Waals surface area (Å²) in [7, 11) is 0. The van der Waals surface area contributed by atoms with Crippen LogP contribution in [-0.4, -0.2) is 20.1 Å². The maximum Gasteiger partial charge on any atom is 0.277 e. The SMILES string of the molecule is Cc1ccc(-c2cc3c(=O)n(CC(=O)Nc4cc(Cl)ccc4C)ccn3n2)cc1. The van der Waals surface area contributed by atoms with Gasteiger partial charge in [0.25, 0.3) is 5.56 Å². The molecule has 0 fully saturated rings. The minimum absolute atomic E-state index is 0.105. The Kier molecular flexibility index (Phi) is 4.94. The highest BCUT2D eigenvalue weighted by Crippen LogP contribution is 2.21. The number of benzene rings is 2. The Morgan fingerprint density at radius 3 is 2.59 bits per heavy atom. The van der Waals surface area contributed by atoms with E-state index in [0.717, 1.165) is 16.7 Å². The molecule has 0 saturated carbocycles. The molecule has 146 valence electrons. The zero-order chi connectivity index (χ0) is 20.5. The fraction of sp³-hybridized carbons (Fsp3) is 0.136. The quantitative estimate of drug-likeness (QED) is 0.555. The number of nitrogens with one attached hydrogen (secondary N) is 1. The summed E-state index contributed by atoms with van der Waals surface area (Å²) in [5.41, 5.74) is 4.44. The number of aryl methyl sites for hydroxylation is 2. The van der Waals surface area contributed by atoms with Crippen LogP contribution in [0.5, 0.6) is 0 Å². The van der Waals surface area contributed by atoms with E-state index in [1.54, 1.807) is 30.6 Å². The van der Waals surface area contributed by atoms with Crippen molar-refractivity contribution in [2.45, 2.75) is 20.4 Å². The Morgan fingerprint density at radius 2 is 1.83 bits per heavy atom. The number of carbonyl (C=O) groups is 1. The Balaban J connectivity index is 1.60. The van der Waals surface area contributed by atoms with Crippen LogP contribution < -0.4 is 10.9 Å². The van der Waals surface area contributed by atoms with Crippen molar-refractivity contribution in [3.63, 3.8) is 0 Å². The van der Waals surface area contributed by atoms with Crippen molar-refractivity contribution < 1.29 is 4.79 Å². The minimum Gasteiger partial charge on any atom is -0.324 e. The Bertz CT molecular complexity index is 1270. The molecule has 2 aromatic carbocycles. The molecule has 0 unspecified atom stereocenters. The maximum absolute atomic E-state index is 12.8. The van der Waals surface area contributed by atoms with Gasteiger partial charge >= 0.3 is 0 Å². The molecule has 2 heterocycles. The second kappa shape index (κ2) is 7.56. The standard InChI is InChI=1S/C22H19ClN4O2/c1-14-3-6-16(7-4-14)19-12-20-22(29)26(9-10-27(20)25-19)13-21(28)24-18-11-17(23)8-5-15(18)2/h3-12H,13H2,1-2H3,(H,24,28). The second-order valence-corrected chi connectivity index (χ2v) is 7.40. The van der Waals surface area contributed by atoms with Crippen molar-refractivity contribution in [2.24, 2.45) is 0 Å². The molecule has 2 aromatic heterocycles. The molecule has 0 aliphatic carbocycles. The van der Waals surface area contributed by atoms with Crippen molar-refractivity contribution in [1.29, 1.82) is 0 Å². The van der Waals surface area contributed by atoms with Crippen LogP contribution in [0.2, 0.25) is 5.02 Å². The molecule has 0 bridgehead atoms. The van der Waals surface area contributed by atoms with E-state index in [4.69, 9.17) is 11.6 Å². The van der Waals surface area contributed by atoms with Crippen LogP contribution in [0.4, 0.5) is 5.69 Å². The van der Waals surface area contributed by atoms with Crippen LogP contribution in [0.25, 0.3) is 16.8 Å². The largest absolute Gasteiger partial charge is 0.324 e. The first kappa shape index (κ1) is 19.0. The number of anilines is 1. The number of hydrogen-bond donors (Lipinski definition) is 1. The Hall–Kier alpha value is -3.38. The summed E-state index contributed by atoms with van der Waals surface area (Å²) in [6.45, 7) is 3.79. The van der Waals surface area contributed by atoms with Crippen molar-refractivity contribution in [2.75, 3.05) is 5.32 Å². The van der Waals surface area contributed by atoms with Gasteiger partial charge in [0.15, 0.2) is 0 Å². The highest BCUT2D eigenvalue weighted by atomic mass is 35.5.